The Morgan fingerprint density at radius 1 is 1.32 bits per heavy atom. The number of benzene rings is 1. The number of nitrogens with one attached hydrogen (secondary N) is 1. The zero-order valence-electron chi connectivity index (χ0n) is 11.8. The summed E-state index contributed by atoms with van der Waals surface area (Å²) in [5.41, 5.74) is 2.12. The monoisotopic (exact) mass is 260 g/mol. The minimum Gasteiger partial charge on any atom is -0.394 e. The molecule has 0 fully saturated rings. The summed E-state index contributed by atoms with van der Waals surface area (Å²) in [6.07, 6.45) is 5.94. The number of hydrogen-bond acceptors (Lipinski definition) is 3. The molecule has 0 aliphatic carbocycles. The first kappa shape index (κ1) is 15.0. The fourth-order valence-corrected chi connectivity index (χ4v) is 2.00. The molecule has 0 unspecified atom stereocenters. The zero-order valence-corrected chi connectivity index (χ0v) is 11.8. The summed E-state index contributed by atoms with van der Waals surface area (Å²) in [5.74, 6) is 0. The highest BCUT2D eigenvalue weighted by Crippen LogP contribution is 2.33. The molecular weight excluding hydrogens is 240 g/mol. The summed E-state index contributed by atoms with van der Waals surface area (Å²) in [5, 5.41) is 13.6. The van der Waals surface area contributed by atoms with Gasteiger partial charge in [-0.1, -0.05) is 32.1 Å². The lowest BCUT2D eigenvalue weighted by molar-refractivity contribution is -0.384. The van der Waals surface area contributed by atoms with Crippen LogP contribution in [0.25, 0.3) is 0 Å². The number of nitro benzene ring substituents is 1. The molecule has 0 saturated heterocycles. The summed E-state index contributed by atoms with van der Waals surface area (Å²) < 4.78 is 0. The fraction of sp³-hybridized carbons (Fsp3) is 0.333. The Morgan fingerprint density at radius 3 is 2.32 bits per heavy atom. The van der Waals surface area contributed by atoms with Crippen LogP contribution in [0.4, 0.5) is 5.69 Å². The van der Waals surface area contributed by atoms with Crippen molar-refractivity contribution in [2.45, 2.75) is 26.2 Å². The van der Waals surface area contributed by atoms with E-state index in [2.05, 4.69) is 25.2 Å². The fourth-order valence-electron chi connectivity index (χ4n) is 2.00. The van der Waals surface area contributed by atoms with Crippen LogP contribution in [0, 0.1) is 10.1 Å². The SMILES string of the molecule is C/C=C(\C=C/NC)C(C)(C)c1ccc([N+](=O)[O-])cc1. The normalized spacial score (nSPS) is 12.7. The van der Waals surface area contributed by atoms with Crippen LogP contribution in [0.2, 0.25) is 0 Å². The number of hydrogen-bond donors (Lipinski definition) is 1. The molecule has 0 amide bonds. The van der Waals surface area contributed by atoms with Crippen LogP contribution >= 0.6 is 0 Å². The van der Waals surface area contributed by atoms with E-state index in [1.807, 2.05) is 38.4 Å². The summed E-state index contributed by atoms with van der Waals surface area (Å²) in [4.78, 5) is 10.3. The molecule has 19 heavy (non-hydrogen) atoms. The van der Waals surface area contributed by atoms with Gasteiger partial charge in [0.05, 0.1) is 4.92 Å². The van der Waals surface area contributed by atoms with Crippen LogP contribution in [-0.2, 0) is 5.41 Å². The standard InChI is InChI=1S/C15H20N2O2/c1-5-12(10-11-16-4)15(2,3)13-6-8-14(9-7-13)17(18)19/h5-11,16H,1-4H3/b11-10-,12-5+. The van der Waals surface area contributed by atoms with Gasteiger partial charge < -0.3 is 5.32 Å². The minimum absolute atomic E-state index is 0.118. The molecule has 1 aromatic rings. The van der Waals surface area contributed by atoms with Crippen LogP contribution < -0.4 is 5.32 Å². The molecule has 0 heterocycles. The lowest BCUT2D eigenvalue weighted by Crippen LogP contribution is -2.19. The van der Waals surface area contributed by atoms with Crippen LogP contribution in [0.1, 0.15) is 26.3 Å². The average molecular weight is 260 g/mol. The molecule has 1 aromatic carbocycles. The van der Waals surface area contributed by atoms with Gasteiger partial charge in [0.15, 0.2) is 0 Å². The highest BCUT2D eigenvalue weighted by atomic mass is 16.6. The summed E-state index contributed by atoms with van der Waals surface area (Å²) >= 11 is 0. The highest BCUT2D eigenvalue weighted by molar-refractivity contribution is 5.43. The molecular formula is C15H20N2O2. The van der Waals surface area contributed by atoms with Crippen molar-refractivity contribution in [1.29, 1.82) is 0 Å². The topological polar surface area (TPSA) is 55.2 Å². The number of allylic oxidation sites excluding steroid dienone is 3. The Hall–Kier alpha value is -2.10. The van der Waals surface area contributed by atoms with E-state index in [0.717, 1.165) is 11.1 Å². The van der Waals surface area contributed by atoms with E-state index >= 15 is 0 Å². The highest BCUT2D eigenvalue weighted by Gasteiger charge is 2.24. The number of nitro groups is 1. The van der Waals surface area contributed by atoms with Gasteiger partial charge in [-0.15, -0.1) is 0 Å². The maximum Gasteiger partial charge on any atom is 0.269 e. The van der Waals surface area contributed by atoms with E-state index in [1.54, 1.807) is 12.1 Å². The Labute approximate surface area is 114 Å². The maximum absolute atomic E-state index is 10.7. The first-order chi connectivity index (χ1) is 8.93. The number of nitrogens with zero attached hydrogens (tertiary/aromatic N) is 1. The molecule has 4 nitrogen and oxygen atoms in total. The van der Waals surface area contributed by atoms with Crippen LogP contribution in [-0.4, -0.2) is 12.0 Å². The van der Waals surface area contributed by atoms with Crippen LogP contribution in [0.3, 0.4) is 0 Å². The number of non-ortho nitro benzene ring substituents is 1. The molecule has 0 radical (unpaired) electrons. The van der Waals surface area contributed by atoms with Gasteiger partial charge in [-0.2, -0.15) is 0 Å². The van der Waals surface area contributed by atoms with Crippen molar-refractivity contribution in [2.75, 3.05) is 7.05 Å². The van der Waals surface area contributed by atoms with Crippen molar-refractivity contribution in [2.24, 2.45) is 0 Å². The lowest BCUT2D eigenvalue weighted by Gasteiger charge is -2.27. The molecule has 0 spiro atoms. The minimum atomic E-state index is -0.381. The smallest absolute Gasteiger partial charge is 0.269 e. The van der Waals surface area contributed by atoms with E-state index in [-0.39, 0.29) is 16.0 Å². The van der Waals surface area contributed by atoms with Gasteiger partial charge in [0.1, 0.15) is 0 Å². The summed E-state index contributed by atoms with van der Waals surface area (Å²) in [6.45, 7) is 6.19. The third kappa shape index (κ3) is 3.44. The van der Waals surface area contributed by atoms with Gasteiger partial charge in [0.2, 0.25) is 0 Å². The second-order valence-electron chi connectivity index (χ2n) is 4.80. The third-order valence-electron chi connectivity index (χ3n) is 3.26. The van der Waals surface area contributed by atoms with E-state index < -0.39 is 0 Å². The van der Waals surface area contributed by atoms with E-state index in [9.17, 15) is 10.1 Å². The maximum atomic E-state index is 10.7. The molecule has 102 valence electrons. The van der Waals surface area contributed by atoms with Crippen molar-refractivity contribution >= 4 is 5.69 Å². The van der Waals surface area contributed by atoms with Crippen molar-refractivity contribution in [3.63, 3.8) is 0 Å². The molecule has 1 rings (SSSR count). The molecule has 1 N–H and O–H groups in total. The van der Waals surface area contributed by atoms with Crippen molar-refractivity contribution in [3.8, 4) is 0 Å². The lowest BCUT2D eigenvalue weighted by atomic mass is 9.77. The first-order valence-corrected chi connectivity index (χ1v) is 6.19. The van der Waals surface area contributed by atoms with Crippen molar-refractivity contribution < 1.29 is 4.92 Å². The predicted molar refractivity (Wildman–Crippen MR) is 78.1 cm³/mol. The molecule has 0 atom stereocenters. The van der Waals surface area contributed by atoms with Gasteiger partial charge in [-0.3, -0.25) is 10.1 Å². The van der Waals surface area contributed by atoms with E-state index in [4.69, 9.17) is 0 Å². The first-order valence-electron chi connectivity index (χ1n) is 6.19. The van der Waals surface area contributed by atoms with E-state index in [0.29, 0.717) is 0 Å². The van der Waals surface area contributed by atoms with Gasteiger partial charge in [-0.05, 0) is 30.3 Å². The molecule has 0 aromatic heterocycles. The second-order valence-corrected chi connectivity index (χ2v) is 4.80. The molecule has 4 heteroatoms. The summed E-state index contributed by atoms with van der Waals surface area (Å²) in [7, 11) is 1.85. The van der Waals surface area contributed by atoms with Gasteiger partial charge in [0.25, 0.3) is 5.69 Å². The Balaban J connectivity index is 3.11. The average Bonchev–Trinajstić information content (AvgIpc) is 2.39. The van der Waals surface area contributed by atoms with Gasteiger partial charge in [-0.25, -0.2) is 0 Å². The van der Waals surface area contributed by atoms with Gasteiger partial charge >= 0.3 is 0 Å². The quantitative estimate of drug-likeness (QED) is 0.500. The predicted octanol–water partition coefficient (Wildman–Crippen LogP) is 3.55. The largest absolute Gasteiger partial charge is 0.394 e. The van der Waals surface area contributed by atoms with Crippen molar-refractivity contribution in [1.82, 2.24) is 5.32 Å². The Morgan fingerprint density at radius 2 is 1.89 bits per heavy atom. The van der Waals surface area contributed by atoms with Crippen LogP contribution in [0.5, 0.6) is 0 Å². The van der Waals surface area contributed by atoms with E-state index in [1.165, 1.54) is 0 Å². The number of rotatable bonds is 5. The van der Waals surface area contributed by atoms with Crippen LogP contribution in [0.15, 0.2) is 48.2 Å². The molecule has 0 aliphatic rings. The molecule has 0 saturated carbocycles. The van der Waals surface area contributed by atoms with Gasteiger partial charge in [0, 0.05) is 24.6 Å². The summed E-state index contributed by atoms with van der Waals surface area (Å²) in [6, 6.07) is 6.72. The third-order valence-corrected chi connectivity index (χ3v) is 3.26. The molecule has 0 bridgehead atoms. The Kier molecular flexibility index (Phi) is 4.87. The van der Waals surface area contributed by atoms with Crippen molar-refractivity contribution in [3.05, 3.63) is 63.9 Å². The molecule has 0 aliphatic heterocycles. The Bertz CT molecular complexity index is 499. The second kappa shape index (κ2) is 6.18. The zero-order chi connectivity index (χ0) is 14.5.